The highest BCUT2D eigenvalue weighted by Gasteiger charge is 2.29. The summed E-state index contributed by atoms with van der Waals surface area (Å²) in [6, 6.07) is 0.548. The third-order valence-electron chi connectivity index (χ3n) is 3.72. The van der Waals surface area contributed by atoms with E-state index in [1.54, 1.807) is 7.05 Å². The summed E-state index contributed by atoms with van der Waals surface area (Å²) in [5.74, 6) is 1.10. The van der Waals surface area contributed by atoms with Gasteiger partial charge in [0.2, 0.25) is 0 Å². The van der Waals surface area contributed by atoms with Crippen molar-refractivity contribution in [2.75, 3.05) is 25.9 Å². The van der Waals surface area contributed by atoms with Crippen LogP contribution in [0.3, 0.4) is 0 Å². The molecule has 0 amide bonds. The number of thioether (sulfide) groups is 1. The lowest BCUT2D eigenvalue weighted by Gasteiger charge is -2.21. The van der Waals surface area contributed by atoms with E-state index in [2.05, 4.69) is 30.8 Å². The minimum atomic E-state index is -3.34. The average molecular weight is 338 g/mol. The second-order valence-corrected chi connectivity index (χ2v) is 9.38. The molecule has 0 radical (unpaired) electrons. The number of hydrogen-bond acceptors (Lipinski definition) is 4. The van der Waals surface area contributed by atoms with Crippen molar-refractivity contribution >= 4 is 22.0 Å². The van der Waals surface area contributed by atoms with Gasteiger partial charge in [0.15, 0.2) is 0 Å². The summed E-state index contributed by atoms with van der Waals surface area (Å²) >= 11 is 1.94. The SMILES string of the molecule is CCSC1CCC(NS(=O)(=O)N(C)CCCNC(C)C)C1. The average Bonchev–Trinajstić information content (AvgIpc) is 2.81. The van der Waals surface area contributed by atoms with E-state index in [0.717, 1.165) is 38.0 Å². The molecule has 0 heterocycles. The summed E-state index contributed by atoms with van der Waals surface area (Å²) in [4.78, 5) is 0. The molecule has 0 saturated heterocycles. The van der Waals surface area contributed by atoms with Gasteiger partial charge in [-0.25, -0.2) is 0 Å². The summed E-state index contributed by atoms with van der Waals surface area (Å²) in [5, 5.41) is 3.91. The molecule has 0 aromatic heterocycles. The first kappa shape index (κ1) is 19.2. The second-order valence-electron chi connectivity index (χ2n) is 5.99. The van der Waals surface area contributed by atoms with Crippen LogP contribution in [0.5, 0.6) is 0 Å². The van der Waals surface area contributed by atoms with Gasteiger partial charge in [-0.05, 0) is 38.0 Å². The Morgan fingerprint density at radius 1 is 1.33 bits per heavy atom. The van der Waals surface area contributed by atoms with Crippen molar-refractivity contribution in [3.05, 3.63) is 0 Å². The molecule has 2 atom stereocenters. The summed E-state index contributed by atoms with van der Waals surface area (Å²) in [7, 11) is -1.68. The predicted molar refractivity (Wildman–Crippen MR) is 92.0 cm³/mol. The van der Waals surface area contributed by atoms with E-state index in [1.807, 2.05) is 11.8 Å². The third-order valence-corrected chi connectivity index (χ3v) is 6.58. The van der Waals surface area contributed by atoms with Crippen molar-refractivity contribution in [1.29, 1.82) is 0 Å². The lowest BCUT2D eigenvalue weighted by Crippen LogP contribution is -2.43. The Kier molecular flexibility index (Phi) is 8.56. The van der Waals surface area contributed by atoms with Gasteiger partial charge < -0.3 is 5.32 Å². The van der Waals surface area contributed by atoms with Crippen molar-refractivity contribution in [1.82, 2.24) is 14.3 Å². The first-order chi connectivity index (χ1) is 9.85. The normalized spacial score (nSPS) is 23.3. The smallest absolute Gasteiger partial charge is 0.279 e. The van der Waals surface area contributed by atoms with Crippen LogP contribution in [0.2, 0.25) is 0 Å². The standard InChI is InChI=1S/C14H31N3O2S2/c1-5-20-14-8-7-13(11-14)16-21(18,19)17(4)10-6-9-15-12(2)3/h12-16H,5-11H2,1-4H3. The largest absolute Gasteiger partial charge is 0.314 e. The minimum absolute atomic E-state index is 0.107. The van der Waals surface area contributed by atoms with Gasteiger partial charge in [-0.2, -0.15) is 29.2 Å². The summed E-state index contributed by atoms with van der Waals surface area (Å²) < 4.78 is 28.8. The number of rotatable bonds is 10. The zero-order chi connectivity index (χ0) is 15.9. The van der Waals surface area contributed by atoms with Gasteiger partial charge >= 0.3 is 0 Å². The maximum Gasteiger partial charge on any atom is 0.279 e. The van der Waals surface area contributed by atoms with Gasteiger partial charge in [-0.15, -0.1) is 0 Å². The van der Waals surface area contributed by atoms with Crippen LogP contribution in [0.1, 0.15) is 46.5 Å². The van der Waals surface area contributed by atoms with Crippen LogP contribution < -0.4 is 10.0 Å². The van der Waals surface area contributed by atoms with Gasteiger partial charge in [-0.1, -0.05) is 20.8 Å². The van der Waals surface area contributed by atoms with Crippen LogP contribution in [0, 0.1) is 0 Å². The quantitative estimate of drug-likeness (QED) is 0.597. The molecule has 0 aliphatic heterocycles. The fourth-order valence-corrected chi connectivity index (χ4v) is 4.87. The lowest BCUT2D eigenvalue weighted by atomic mass is 10.3. The molecule has 0 bridgehead atoms. The van der Waals surface area contributed by atoms with E-state index in [-0.39, 0.29) is 6.04 Å². The highest BCUT2D eigenvalue weighted by molar-refractivity contribution is 7.99. The maximum absolute atomic E-state index is 12.3. The van der Waals surface area contributed by atoms with Crippen LogP contribution in [-0.4, -0.2) is 55.9 Å². The van der Waals surface area contributed by atoms with Gasteiger partial charge in [0.1, 0.15) is 0 Å². The molecule has 7 heteroatoms. The minimum Gasteiger partial charge on any atom is -0.314 e. The molecule has 1 rings (SSSR count). The number of nitrogens with zero attached hydrogens (tertiary/aromatic N) is 1. The Morgan fingerprint density at radius 3 is 2.67 bits per heavy atom. The molecule has 2 N–H and O–H groups in total. The molecule has 1 fully saturated rings. The van der Waals surface area contributed by atoms with Crippen molar-refractivity contribution in [2.24, 2.45) is 0 Å². The van der Waals surface area contributed by atoms with Gasteiger partial charge in [-0.3, -0.25) is 0 Å². The molecule has 1 aliphatic rings. The van der Waals surface area contributed by atoms with E-state index in [4.69, 9.17) is 0 Å². The Morgan fingerprint density at radius 2 is 2.05 bits per heavy atom. The van der Waals surface area contributed by atoms with E-state index < -0.39 is 10.2 Å². The number of hydrogen-bond donors (Lipinski definition) is 2. The highest BCUT2D eigenvalue weighted by Crippen LogP contribution is 2.30. The first-order valence-electron chi connectivity index (χ1n) is 7.93. The van der Waals surface area contributed by atoms with Crippen LogP contribution in [-0.2, 0) is 10.2 Å². The molecule has 1 aliphatic carbocycles. The summed E-state index contributed by atoms with van der Waals surface area (Å²) in [6.07, 6.45) is 3.86. The fourth-order valence-electron chi connectivity index (χ4n) is 2.55. The van der Waals surface area contributed by atoms with Crippen LogP contribution in [0.25, 0.3) is 0 Å². The first-order valence-corrected chi connectivity index (χ1v) is 10.4. The summed E-state index contributed by atoms with van der Waals surface area (Å²) in [6.45, 7) is 7.73. The maximum atomic E-state index is 12.3. The molecule has 0 aromatic carbocycles. The topological polar surface area (TPSA) is 61.4 Å². The van der Waals surface area contributed by atoms with Crippen molar-refractivity contribution in [2.45, 2.75) is 63.8 Å². The Balaban J connectivity index is 2.32. The Bertz CT molecular complexity index is 388. The summed E-state index contributed by atoms with van der Waals surface area (Å²) in [5.41, 5.74) is 0. The van der Waals surface area contributed by atoms with Crippen LogP contribution in [0.15, 0.2) is 0 Å². The molecule has 126 valence electrons. The zero-order valence-corrected chi connectivity index (χ0v) is 15.4. The molecule has 1 saturated carbocycles. The van der Waals surface area contributed by atoms with Gasteiger partial charge in [0.05, 0.1) is 0 Å². The van der Waals surface area contributed by atoms with Gasteiger partial charge in [0.25, 0.3) is 10.2 Å². The second kappa shape index (κ2) is 9.35. The van der Waals surface area contributed by atoms with Crippen LogP contribution in [0.4, 0.5) is 0 Å². The van der Waals surface area contributed by atoms with Crippen molar-refractivity contribution < 1.29 is 8.42 Å². The van der Waals surface area contributed by atoms with E-state index in [0.29, 0.717) is 17.8 Å². The molecule has 2 unspecified atom stereocenters. The van der Waals surface area contributed by atoms with Crippen molar-refractivity contribution in [3.8, 4) is 0 Å². The molecule has 5 nitrogen and oxygen atoms in total. The van der Waals surface area contributed by atoms with Crippen molar-refractivity contribution in [3.63, 3.8) is 0 Å². The monoisotopic (exact) mass is 337 g/mol. The predicted octanol–water partition coefficient (Wildman–Crippen LogP) is 1.81. The molecular weight excluding hydrogens is 306 g/mol. The Hall–Kier alpha value is 0.180. The van der Waals surface area contributed by atoms with E-state index in [9.17, 15) is 8.42 Å². The lowest BCUT2D eigenvalue weighted by molar-refractivity contribution is 0.430. The van der Waals surface area contributed by atoms with E-state index >= 15 is 0 Å². The van der Waals surface area contributed by atoms with E-state index in [1.165, 1.54) is 4.31 Å². The highest BCUT2D eigenvalue weighted by atomic mass is 32.2. The number of nitrogens with one attached hydrogen (secondary N) is 2. The van der Waals surface area contributed by atoms with Crippen LogP contribution >= 0.6 is 11.8 Å². The van der Waals surface area contributed by atoms with Gasteiger partial charge in [0, 0.05) is 30.9 Å². The fraction of sp³-hybridized carbons (Fsp3) is 1.00. The molecule has 21 heavy (non-hydrogen) atoms. The third kappa shape index (κ3) is 7.32. The zero-order valence-electron chi connectivity index (χ0n) is 13.8. The Labute approximate surface area is 134 Å². The molecular formula is C14H31N3O2S2. The molecule has 0 aromatic rings. The molecule has 0 spiro atoms.